The van der Waals surface area contributed by atoms with Gasteiger partial charge in [0.25, 0.3) is 0 Å². The van der Waals surface area contributed by atoms with Crippen LogP contribution < -0.4 is 15.4 Å². The third kappa shape index (κ3) is 8.33. The number of carbonyl (C=O) groups is 1. The van der Waals surface area contributed by atoms with Crippen molar-refractivity contribution in [3.8, 4) is 5.75 Å². The van der Waals surface area contributed by atoms with Crippen molar-refractivity contribution in [2.45, 2.75) is 18.9 Å². The number of carbonyl (C=O) groups excluding carboxylic acids is 1. The molecule has 3 N–H and O–H groups in total. The highest BCUT2D eigenvalue weighted by Gasteiger charge is 2.05. The summed E-state index contributed by atoms with van der Waals surface area (Å²) in [7, 11) is 0. The Hall–Kier alpha value is -2.37. The molecule has 0 radical (unpaired) electrons. The Balaban J connectivity index is 1.47. The van der Waals surface area contributed by atoms with E-state index in [-0.39, 0.29) is 12.5 Å². The van der Waals surface area contributed by atoms with Gasteiger partial charge in [0.15, 0.2) is 0 Å². The minimum Gasteiger partial charge on any atom is -0.491 e. The first-order chi connectivity index (χ1) is 12.2. The molecule has 0 aliphatic heterocycles. The maximum atomic E-state index is 11.8. The molecular formula is C20H26N2O3. The predicted molar refractivity (Wildman–Crippen MR) is 98.6 cm³/mol. The molecule has 25 heavy (non-hydrogen) atoms. The van der Waals surface area contributed by atoms with Gasteiger partial charge in [0.05, 0.1) is 0 Å². The first-order valence-corrected chi connectivity index (χ1v) is 8.61. The van der Waals surface area contributed by atoms with Gasteiger partial charge < -0.3 is 20.5 Å². The second-order valence-corrected chi connectivity index (χ2v) is 5.82. The van der Waals surface area contributed by atoms with E-state index >= 15 is 0 Å². The Morgan fingerprint density at radius 1 is 1.00 bits per heavy atom. The summed E-state index contributed by atoms with van der Waals surface area (Å²) < 4.78 is 5.48. The van der Waals surface area contributed by atoms with E-state index in [9.17, 15) is 9.90 Å². The summed E-state index contributed by atoms with van der Waals surface area (Å²) in [5.41, 5.74) is 1.16. The van der Waals surface area contributed by atoms with E-state index in [2.05, 4.69) is 10.6 Å². The topological polar surface area (TPSA) is 70.6 Å². The summed E-state index contributed by atoms with van der Waals surface area (Å²) in [6, 6.07) is 19.4. The minimum absolute atomic E-state index is 0.0404. The van der Waals surface area contributed by atoms with Crippen LogP contribution in [0.2, 0.25) is 0 Å². The zero-order valence-corrected chi connectivity index (χ0v) is 14.4. The van der Waals surface area contributed by atoms with E-state index in [1.807, 2.05) is 60.7 Å². The Kier molecular flexibility index (Phi) is 8.52. The van der Waals surface area contributed by atoms with Crippen molar-refractivity contribution in [2.24, 2.45) is 0 Å². The smallest absolute Gasteiger partial charge is 0.220 e. The highest BCUT2D eigenvalue weighted by atomic mass is 16.5. The molecule has 0 aliphatic carbocycles. The number of benzene rings is 2. The third-order valence-electron chi connectivity index (χ3n) is 3.67. The molecule has 0 aromatic heterocycles. The molecule has 0 bridgehead atoms. The summed E-state index contributed by atoms with van der Waals surface area (Å²) >= 11 is 0. The molecule has 1 amide bonds. The monoisotopic (exact) mass is 342 g/mol. The van der Waals surface area contributed by atoms with E-state index < -0.39 is 6.10 Å². The largest absolute Gasteiger partial charge is 0.491 e. The molecule has 0 fully saturated rings. The molecule has 0 unspecified atom stereocenters. The lowest BCUT2D eigenvalue weighted by molar-refractivity contribution is -0.121. The fraction of sp³-hybridized carbons (Fsp3) is 0.350. The first-order valence-electron chi connectivity index (χ1n) is 8.61. The van der Waals surface area contributed by atoms with Crippen molar-refractivity contribution in [3.63, 3.8) is 0 Å². The van der Waals surface area contributed by atoms with Crippen molar-refractivity contribution < 1.29 is 14.6 Å². The number of rotatable bonds is 11. The minimum atomic E-state index is -0.589. The fourth-order valence-corrected chi connectivity index (χ4v) is 2.32. The number of ether oxygens (including phenoxy) is 1. The van der Waals surface area contributed by atoms with Crippen molar-refractivity contribution in [1.29, 1.82) is 0 Å². The normalized spacial score (nSPS) is 11.7. The number of aliphatic hydroxyl groups is 1. The number of nitrogens with one attached hydrogen (secondary N) is 2. The number of aliphatic hydroxyl groups excluding tert-OH is 1. The van der Waals surface area contributed by atoms with Gasteiger partial charge in [0.2, 0.25) is 5.91 Å². The highest BCUT2D eigenvalue weighted by molar-refractivity contribution is 5.76. The van der Waals surface area contributed by atoms with Gasteiger partial charge in [0, 0.05) is 26.1 Å². The van der Waals surface area contributed by atoms with E-state index in [1.165, 1.54) is 0 Å². The standard InChI is InChI=1S/C20H26N2O3/c23-18(16-25-19-9-5-2-6-10-19)15-21-13-14-22-20(24)12-11-17-7-3-1-4-8-17/h1-10,18,21,23H,11-16H2,(H,22,24)/t18-/m0/s1. The average Bonchev–Trinajstić information content (AvgIpc) is 2.66. The second kappa shape index (κ2) is 11.2. The molecule has 0 saturated carbocycles. The van der Waals surface area contributed by atoms with Crippen LogP contribution in [0.15, 0.2) is 60.7 Å². The summed E-state index contributed by atoms with van der Waals surface area (Å²) in [6.07, 6.45) is 0.640. The lowest BCUT2D eigenvalue weighted by atomic mass is 10.1. The number of amides is 1. The van der Waals surface area contributed by atoms with Crippen LogP contribution in [0.25, 0.3) is 0 Å². The van der Waals surface area contributed by atoms with Gasteiger partial charge in [-0.2, -0.15) is 0 Å². The van der Waals surface area contributed by atoms with E-state index in [4.69, 9.17) is 4.74 Å². The molecule has 0 aliphatic rings. The molecule has 2 aromatic carbocycles. The van der Waals surface area contributed by atoms with Gasteiger partial charge in [-0.25, -0.2) is 0 Å². The van der Waals surface area contributed by atoms with Crippen molar-refractivity contribution in [3.05, 3.63) is 66.2 Å². The summed E-state index contributed by atoms with van der Waals surface area (Å²) in [6.45, 7) is 1.81. The molecular weight excluding hydrogens is 316 g/mol. The van der Waals surface area contributed by atoms with E-state index in [1.54, 1.807) is 0 Å². The predicted octanol–water partition coefficient (Wildman–Crippen LogP) is 1.76. The molecule has 1 atom stereocenters. The van der Waals surface area contributed by atoms with Crippen LogP contribution in [0, 0.1) is 0 Å². The van der Waals surface area contributed by atoms with Crippen LogP contribution in [0.1, 0.15) is 12.0 Å². The number of para-hydroxylation sites is 1. The van der Waals surface area contributed by atoms with Crippen molar-refractivity contribution >= 4 is 5.91 Å². The lowest BCUT2D eigenvalue weighted by Gasteiger charge is -2.13. The first kappa shape index (κ1) is 19.0. The van der Waals surface area contributed by atoms with Crippen LogP contribution in [0.4, 0.5) is 0 Å². The second-order valence-electron chi connectivity index (χ2n) is 5.82. The zero-order valence-electron chi connectivity index (χ0n) is 14.4. The molecule has 2 aromatic rings. The van der Waals surface area contributed by atoms with Crippen LogP contribution >= 0.6 is 0 Å². The maximum Gasteiger partial charge on any atom is 0.220 e. The van der Waals surface area contributed by atoms with Crippen LogP contribution in [0.5, 0.6) is 5.75 Å². The number of hydrogen-bond donors (Lipinski definition) is 3. The SMILES string of the molecule is O=C(CCc1ccccc1)NCCNC[C@H](O)COc1ccccc1. The Bertz CT molecular complexity index is 605. The van der Waals surface area contributed by atoms with Gasteiger partial charge in [-0.1, -0.05) is 48.5 Å². The van der Waals surface area contributed by atoms with Gasteiger partial charge in [-0.15, -0.1) is 0 Å². The fourth-order valence-electron chi connectivity index (χ4n) is 2.32. The van der Waals surface area contributed by atoms with Crippen molar-refractivity contribution in [2.75, 3.05) is 26.2 Å². The van der Waals surface area contributed by atoms with Gasteiger partial charge in [-0.05, 0) is 24.1 Å². The summed E-state index contributed by atoms with van der Waals surface area (Å²) in [4.78, 5) is 11.8. The van der Waals surface area contributed by atoms with Gasteiger partial charge >= 0.3 is 0 Å². The quantitative estimate of drug-likeness (QED) is 0.544. The van der Waals surface area contributed by atoms with Crippen LogP contribution in [-0.4, -0.2) is 43.4 Å². The number of hydrogen-bond acceptors (Lipinski definition) is 4. The Labute approximate surface area is 149 Å². The van der Waals surface area contributed by atoms with Gasteiger partial charge in [0.1, 0.15) is 18.5 Å². The molecule has 5 heteroatoms. The van der Waals surface area contributed by atoms with Crippen LogP contribution in [-0.2, 0) is 11.2 Å². The molecule has 0 spiro atoms. The molecule has 0 saturated heterocycles. The van der Waals surface area contributed by atoms with Crippen LogP contribution in [0.3, 0.4) is 0 Å². The maximum absolute atomic E-state index is 11.8. The zero-order chi connectivity index (χ0) is 17.7. The molecule has 2 rings (SSSR count). The summed E-state index contributed by atoms with van der Waals surface area (Å²) in [5.74, 6) is 0.783. The molecule has 5 nitrogen and oxygen atoms in total. The Morgan fingerprint density at radius 3 is 2.40 bits per heavy atom. The average molecular weight is 342 g/mol. The van der Waals surface area contributed by atoms with E-state index in [0.29, 0.717) is 26.1 Å². The summed E-state index contributed by atoms with van der Waals surface area (Å²) in [5, 5.41) is 15.8. The molecule has 134 valence electrons. The molecule has 0 heterocycles. The van der Waals surface area contributed by atoms with E-state index in [0.717, 1.165) is 17.7 Å². The van der Waals surface area contributed by atoms with Crippen molar-refractivity contribution in [1.82, 2.24) is 10.6 Å². The highest BCUT2D eigenvalue weighted by Crippen LogP contribution is 2.08. The van der Waals surface area contributed by atoms with Gasteiger partial charge in [-0.3, -0.25) is 4.79 Å². The third-order valence-corrected chi connectivity index (χ3v) is 3.67. The Morgan fingerprint density at radius 2 is 1.68 bits per heavy atom. The number of aryl methyl sites for hydroxylation is 1. The lowest BCUT2D eigenvalue weighted by Crippen LogP contribution is -2.37.